The van der Waals surface area contributed by atoms with E-state index in [9.17, 15) is 4.79 Å². The van der Waals surface area contributed by atoms with Gasteiger partial charge >= 0.3 is 5.63 Å². The highest BCUT2D eigenvalue weighted by molar-refractivity contribution is 7.18. The lowest BCUT2D eigenvalue weighted by Crippen LogP contribution is -2.03. The second kappa shape index (κ2) is 6.97. The molecule has 26 heavy (non-hydrogen) atoms. The van der Waals surface area contributed by atoms with Crippen LogP contribution in [0.4, 0.5) is 10.8 Å². The molecular formula is C19H15N3O3S. The Morgan fingerprint density at radius 1 is 1.12 bits per heavy atom. The van der Waals surface area contributed by atoms with E-state index in [-0.39, 0.29) is 0 Å². The van der Waals surface area contributed by atoms with E-state index in [2.05, 4.69) is 15.5 Å². The monoisotopic (exact) mass is 365 g/mol. The summed E-state index contributed by atoms with van der Waals surface area (Å²) in [5.41, 5.74) is 1.26. The van der Waals surface area contributed by atoms with Gasteiger partial charge in [-0.2, -0.15) is 0 Å². The summed E-state index contributed by atoms with van der Waals surface area (Å²) >= 11 is 1.29. The van der Waals surface area contributed by atoms with Crippen molar-refractivity contribution in [3.63, 3.8) is 0 Å². The molecule has 0 radical (unpaired) electrons. The molecule has 0 amide bonds. The van der Waals surface area contributed by atoms with Crippen molar-refractivity contribution in [1.82, 2.24) is 10.2 Å². The summed E-state index contributed by atoms with van der Waals surface area (Å²) in [5, 5.41) is 13.3. The minimum atomic E-state index is -0.466. The Morgan fingerprint density at radius 3 is 2.77 bits per heavy atom. The van der Waals surface area contributed by atoms with Gasteiger partial charge in [-0.15, -0.1) is 10.2 Å². The van der Waals surface area contributed by atoms with E-state index in [0.29, 0.717) is 33.6 Å². The third kappa shape index (κ3) is 3.16. The van der Waals surface area contributed by atoms with Crippen LogP contribution < -0.4 is 15.7 Å². The summed E-state index contributed by atoms with van der Waals surface area (Å²) in [7, 11) is 0. The van der Waals surface area contributed by atoms with E-state index >= 15 is 0 Å². The standard InChI is InChI=1S/C19H15N3O3S/c1-2-24-15-10-6-7-12-11-14(18(23)25-16(12)15)17-21-22-19(26-17)20-13-8-4-3-5-9-13/h3-11H,2H2,1H3,(H,20,22). The van der Waals surface area contributed by atoms with Crippen LogP contribution in [0.25, 0.3) is 21.5 Å². The van der Waals surface area contributed by atoms with Gasteiger partial charge < -0.3 is 14.5 Å². The normalized spacial score (nSPS) is 10.8. The fourth-order valence-corrected chi connectivity index (χ4v) is 3.33. The molecular weight excluding hydrogens is 350 g/mol. The van der Waals surface area contributed by atoms with Gasteiger partial charge in [0.25, 0.3) is 0 Å². The summed E-state index contributed by atoms with van der Waals surface area (Å²) in [6, 6.07) is 16.9. The highest BCUT2D eigenvalue weighted by atomic mass is 32.1. The summed E-state index contributed by atoms with van der Waals surface area (Å²) in [5.74, 6) is 0.553. The van der Waals surface area contributed by atoms with Crippen LogP contribution >= 0.6 is 11.3 Å². The molecule has 4 rings (SSSR count). The Labute approximate surface area is 153 Å². The molecule has 0 saturated carbocycles. The van der Waals surface area contributed by atoms with Crippen molar-refractivity contribution < 1.29 is 9.15 Å². The number of hydrogen-bond acceptors (Lipinski definition) is 7. The fourth-order valence-electron chi connectivity index (χ4n) is 2.56. The molecule has 2 aromatic heterocycles. The van der Waals surface area contributed by atoms with E-state index in [4.69, 9.17) is 9.15 Å². The highest BCUT2D eigenvalue weighted by Crippen LogP contribution is 2.30. The summed E-state index contributed by atoms with van der Waals surface area (Å²) in [4.78, 5) is 12.5. The van der Waals surface area contributed by atoms with Gasteiger partial charge in [0.05, 0.1) is 12.2 Å². The van der Waals surface area contributed by atoms with Crippen molar-refractivity contribution >= 4 is 33.1 Å². The molecule has 2 aromatic carbocycles. The number of hydrogen-bond donors (Lipinski definition) is 1. The molecule has 0 fully saturated rings. The molecule has 0 aliphatic heterocycles. The number of nitrogens with zero attached hydrogens (tertiary/aromatic N) is 2. The predicted octanol–water partition coefficient (Wildman–Crippen LogP) is 4.45. The van der Waals surface area contributed by atoms with Gasteiger partial charge in [0.15, 0.2) is 16.3 Å². The number of para-hydroxylation sites is 2. The van der Waals surface area contributed by atoms with Gasteiger partial charge in [0, 0.05) is 11.1 Å². The number of rotatable bonds is 5. The Balaban J connectivity index is 1.71. The molecule has 4 aromatic rings. The molecule has 1 N–H and O–H groups in total. The first-order valence-electron chi connectivity index (χ1n) is 8.10. The zero-order valence-corrected chi connectivity index (χ0v) is 14.7. The topological polar surface area (TPSA) is 77.3 Å². The number of fused-ring (bicyclic) bond motifs is 1. The van der Waals surface area contributed by atoms with Crippen LogP contribution in [-0.4, -0.2) is 16.8 Å². The minimum Gasteiger partial charge on any atom is -0.490 e. The maximum atomic E-state index is 12.5. The van der Waals surface area contributed by atoms with Crippen LogP contribution in [0.5, 0.6) is 5.75 Å². The summed E-state index contributed by atoms with van der Waals surface area (Å²) in [6.07, 6.45) is 0. The quantitative estimate of drug-likeness (QED) is 0.526. The molecule has 0 saturated heterocycles. The molecule has 0 atom stereocenters. The largest absolute Gasteiger partial charge is 0.490 e. The minimum absolute atomic E-state index is 0.379. The maximum Gasteiger partial charge on any atom is 0.346 e. The number of nitrogens with one attached hydrogen (secondary N) is 1. The van der Waals surface area contributed by atoms with Crippen LogP contribution in [-0.2, 0) is 0 Å². The molecule has 7 heteroatoms. The third-order valence-corrected chi connectivity index (χ3v) is 4.58. The van der Waals surface area contributed by atoms with Crippen molar-refractivity contribution in [2.75, 3.05) is 11.9 Å². The average Bonchev–Trinajstić information content (AvgIpc) is 3.11. The van der Waals surface area contributed by atoms with Crippen molar-refractivity contribution in [1.29, 1.82) is 0 Å². The Bertz CT molecular complexity index is 1110. The lowest BCUT2D eigenvalue weighted by Gasteiger charge is -2.06. The van der Waals surface area contributed by atoms with Crippen LogP contribution in [0.3, 0.4) is 0 Å². The molecule has 0 aliphatic rings. The maximum absolute atomic E-state index is 12.5. The fraction of sp³-hybridized carbons (Fsp3) is 0.105. The lowest BCUT2D eigenvalue weighted by atomic mass is 10.2. The van der Waals surface area contributed by atoms with Crippen molar-refractivity contribution in [2.24, 2.45) is 0 Å². The van der Waals surface area contributed by atoms with E-state index < -0.39 is 5.63 Å². The SMILES string of the molecule is CCOc1cccc2cc(-c3nnc(Nc4ccccc4)s3)c(=O)oc12. The van der Waals surface area contributed by atoms with Gasteiger partial charge in [0.1, 0.15) is 0 Å². The summed E-state index contributed by atoms with van der Waals surface area (Å²) in [6.45, 7) is 2.38. The number of benzene rings is 2. The molecule has 6 nitrogen and oxygen atoms in total. The first-order valence-corrected chi connectivity index (χ1v) is 8.92. The Kier molecular flexibility index (Phi) is 4.37. The zero-order valence-electron chi connectivity index (χ0n) is 13.9. The number of anilines is 2. The predicted molar refractivity (Wildman–Crippen MR) is 102 cm³/mol. The van der Waals surface area contributed by atoms with Crippen LogP contribution in [0.2, 0.25) is 0 Å². The summed E-state index contributed by atoms with van der Waals surface area (Å²) < 4.78 is 11.0. The van der Waals surface area contributed by atoms with Gasteiger partial charge in [-0.1, -0.05) is 41.7 Å². The van der Waals surface area contributed by atoms with Gasteiger partial charge in [0.2, 0.25) is 5.13 Å². The highest BCUT2D eigenvalue weighted by Gasteiger charge is 2.15. The molecule has 0 bridgehead atoms. The van der Waals surface area contributed by atoms with Crippen molar-refractivity contribution in [3.8, 4) is 16.3 Å². The lowest BCUT2D eigenvalue weighted by molar-refractivity contribution is 0.337. The first kappa shape index (κ1) is 16.3. The van der Waals surface area contributed by atoms with Crippen LogP contribution in [0.15, 0.2) is 63.8 Å². The van der Waals surface area contributed by atoms with Crippen LogP contribution in [0, 0.1) is 0 Å². The average molecular weight is 365 g/mol. The van der Waals surface area contributed by atoms with Gasteiger partial charge in [-0.05, 0) is 31.2 Å². The second-order valence-electron chi connectivity index (χ2n) is 5.46. The van der Waals surface area contributed by atoms with Crippen molar-refractivity contribution in [2.45, 2.75) is 6.92 Å². The Hall–Kier alpha value is -3.19. The second-order valence-corrected chi connectivity index (χ2v) is 6.44. The first-order chi connectivity index (χ1) is 12.7. The van der Waals surface area contributed by atoms with Crippen LogP contribution in [0.1, 0.15) is 6.92 Å². The molecule has 0 spiro atoms. The molecule has 2 heterocycles. The van der Waals surface area contributed by atoms with E-state index in [1.807, 2.05) is 49.4 Å². The smallest absolute Gasteiger partial charge is 0.346 e. The van der Waals surface area contributed by atoms with E-state index in [1.54, 1.807) is 12.1 Å². The van der Waals surface area contributed by atoms with Gasteiger partial charge in [-0.3, -0.25) is 0 Å². The van der Waals surface area contributed by atoms with Gasteiger partial charge in [-0.25, -0.2) is 4.79 Å². The van der Waals surface area contributed by atoms with E-state index in [1.165, 1.54) is 11.3 Å². The molecule has 0 unspecified atom stereocenters. The molecule has 130 valence electrons. The zero-order chi connectivity index (χ0) is 17.9. The van der Waals surface area contributed by atoms with Crippen molar-refractivity contribution in [3.05, 3.63) is 65.0 Å². The third-order valence-electron chi connectivity index (χ3n) is 3.70. The number of ether oxygens (including phenoxy) is 1. The molecule has 0 aliphatic carbocycles. The number of aromatic nitrogens is 2. The Morgan fingerprint density at radius 2 is 1.96 bits per heavy atom. The van der Waals surface area contributed by atoms with E-state index in [0.717, 1.165) is 11.1 Å².